The van der Waals surface area contributed by atoms with Gasteiger partial charge in [-0.3, -0.25) is 9.59 Å². The molecule has 2 rings (SSSR count). The van der Waals surface area contributed by atoms with Crippen LogP contribution in [-0.2, 0) is 9.53 Å². The van der Waals surface area contributed by atoms with Crippen molar-refractivity contribution in [2.75, 3.05) is 0 Å². The monoisotopic (exact) mass is 303 g/mol. The molecular weight excluding hydrogens is 277 g/mol. The normalized spacial score (nSPS) is 33.9. The Hall–Kier alpha value is -1.10. The lowest BCUT2D eigenvalue weighted by Gasteiger charge is -2.33. The topological polar surface area (TPSA) is 46.6 Å². The third-order valence-electron chi connectivity index (χ3n) is 5.02. The zero-order valence-electron chi connectivity index (χ0n) is 14.3. The van der Waals surface area contributed by atoms with Crippen molar-refractivity contribution in [2.24, 2.45) is 11.8 Å². The predicted molar refractivity (Wildman–Crippen MR) is 86.7 cm³/mol. The molecule has 22 heavy (non-hydrogen) atoms. The maximum atomic E-state index is 11.9. The first kappa shape index (κ1) is 17.3. The molecule has 4 nitrogen and oxygen atoms in total. The first-order valence-electron chi connectivity index (χ1n) is 8.11. The van der Waals surface area contributed by atoms with Crippen molar-refractivity contribution >= 4 is 19.4 Å². The second-order valence-corrected chi connectivity index (χ2v) is 7.12. The van der Waals surface area contributed by atoms with E-state index in [1.165, 1.54) is 5.57 Å². The molecule has 5 heteroatoms. The number of rotatable bonds is 4. The zero-order chi connectivity index (χ0) is 16.7. The highest BCUT2D eigenvalue weighted by Crippen LogP contribution is 2.41. The number of nitrogens with zero attached hydrogens (tertiary/aromatic N) is 1. The van der Waals surface area contributed by atoms with Crippen molar-refractivity contribution in [3.05, 3.63) is 11.6 Å². The molecule has 1 saturated heterocycles. The SMILES string of the molecule is [B]C(=O)N1C(CC)C(CC2C=C(C)CC2C(C)=O)OC1(C)C. The molecular formula is C17H26BNO3. The summed E-state index contributed by atoms with van der Waals surface area (Å²) in [5, 5.41) is 0. The van der Waals surface area contributed by atoms with Gasteiger partial charge in [0.15, 0.2) is 5.81 Å². The second kappa shape index (κ2) is 6.19. The van der Waals surface area contributed by atoms with E-state index in [1.54, 1.807) is 11.8 Å². The van der Waals surface area contributed by atoms with Crippen LogP contribution in [0.2, 0.25) is 0 Å². The molecule has 0 aromatic heterocycles. The average molecular weight is 303 g/mol. The highest BCUT2D eigenvalue weighted by atomic mass is 16.5. The molecule has 1 fully saturated rings. The Kier molecular flexibility index (Phi) is 4.86. The molecule has 1 heterocycles. The standard InChI is InChI=1S/C17H26BNO3/c1-6-14-15(22-17(4,5)19(14)16(18)21)9-12-7-10(2)8-13(12)11(3)20/h7,12-15H,6,8-9H2,1-5H3. The van der Waals surface area contributed by atoms with Gasteiger partial charge in [0.05, 0.1) is 12.1 Å². The number of ketones is 1. The third kappa shape index (κ3) is 3.14. The molecule has 1 aliphatic heterocycles. The molecule has 0 bridgehead atoms. The van der Waals surface area contributed by atoms with Crippen molar-refractivity contribution < 1.29 is 14.3 Å². The minimum atomic E-state index is -0.694. The average Bonchev–Trinajstić information content (AvgIpc) is 2.86. The fourth-order valence-corrected chi connectivity index (χ4v) is 4.14. The summed E-state index contributed by atoms with van der Waals surface area (Å²) in [5.74, 6) is 0.0304. The lowest BCUT2D eigenvalue weighted by Crippen LogP contribution is -2.47. The van der Waals surface area contributed by atoms with E-state index in [4.69, 9.17) is 12.6 Å². The first-order valence-corrected chi connectivity index (χ1v) is 8.11. The van der Waals surface area contributed by atoms with Crippen LogP contribution in [0, 0.1) is 11.8 Å². The van der Waals surface area contributed by atoms with Crippen LogP contribution < -0.4 is 0 Å². The third-order valence-corrected chi connectivity index (χ3v) is 5.02. The van der Waals surface area contributed by atoms with Crippen LogP contribution in [0.15, 0.2) is 11.6 Å². The molecule has 2 aliphatic rings. The molecule has 1 amide bonds. The van der Waals surface area contributed by atoms with E-state index in [0.717, 1.165) is 19.3 Å². The van der Waals surface area contributed by atoms with E-state index in [2.05, 4.69) is 13.0 Å². The maximum absolute atomic E-state index is 11.9. The second-order valence-electron chi connectivity index (χ2n) is 7.12. The number of amides is 1. The van der Waals surface area contributed by atoms with Crippen molar-refractivity contribution in [3.8, 4) is 0 Å². The van der Waals surface area contributed by atoms with Crippen LogP contribution in [0.4, 0.5) is 4.79 Å². The summed E-state index contributed by atoms with van der Waals surface area (Å²) >= 11 is 0. The Labute approximate surface area is 134 Å². The lowest BCUT2D eigenvalue weighted by molar-refractivity contribution is -0.122. The molecule has 0 aromatic rings. The maximum Gasteiger partial charge on any atom is 0.200 e. The van der Waals surface area contributed by atoms with Crippen LogP contribution in [0.5, 0.6) is 0 Å². The van der Waals surface area contributed by atoms with E-state index < -0.39 is 11.5 Å². The summed E-state index contributed by atoms with van der Waals surface area (Å²) < 4.78 is 6.14. The summed E-state index contributed by atoms with van der Waals surface area (Å²) in [4.78, 5) is 25.3. The van der Waals surface area contributed by atoms with Crippen molar-refractivity contribution in [3.63, 3.8) is 0 Å². The number of ether oxygens (including phenoxy) is 1. The summed E-state index contributed by atoms with van der Waals surface area (Å²) in [6.45, 7) is 9.52. The van der Waals surface area contributed by atoms with Gasteiger partial charge in [-0.05, 0) is 52.9 Å². The molecule has 4 unspecified atom stereocenters. The van der Waals surface area contributed by atoms with Crippen molar-refractivity contribution in [1.29, 1.82) is 0 Å². The zero-order valence-corrected chi connectivity index (χ0v) is 14.3. The van der Waals surface area contributed by atoms with Gasteiger partial charge in [-0.15, -0.1) is 0 Å². The summed E-state index contributed by atoms with van der Waals surface area (Å²) in [7, 11) is 5.55. The van der Waals surface area contributed by atoms with E-state index in [1.807, 2.05) is 20.8 Å². The number of allylic oxidation sites excluding steroid dienone is 2. The summed E-state index contributed by atoms with van der Waals surface area (Å²) in [6, 6.07) is -0.0329. The molecule has 0 N–H and O–H groups in total. The molecule has 0 saturated carbocycles. The summed E-state index contributed by atoms with van der Waals surface area (Å²) in [5.41, 5.74) is 0.572. The van der Waals surface area contributed by atoms with Crippen molar-refractivity contribution in [2.45, 2.75) is 71.8 Å². The first-order chi connectivity index (χ1) is 10.2. The number of carbonyl (C=O) groups excluding carboxylic acids is 2. The Morgan fingerprint density at radius 1 is 1.45 bits per heavy atom. The molecule has 1 aliphatic carbocycles. The van der Waals surface area contributed by atoms with Crippen LogP contribution >= 0.6 is 0 Å². The van der Waals surface area contributed by atoms with E-state index >= 15 is 0 Å². The summed E-state index contributed by atoms with van der Waals surface area (Å²) in [6.07, 6.45) is 4.50. The molecule has 4 atom stereocenters. The Bertz CT molecular complexity index is 500. The van der Waals surface area contributed by atoms with Gasteiger partial charge in [0.2, 0.25) is 7.85 Å². The lowest BCUT2D eigenvalue weighted by atomic mass is 9.85. The van der Waals surface area contributed by atoms with Gasteiger partial charge in [-0.2, -0.15) is 0 Å². The molecule has 0 aromatic carbocycles. The quantitative estimate of drug-likeness (QED) is 0.592. The minimum absolute atomic E-state index is 0.0329. The number of hydrogen-bond acceptors (Lipinski definition) is 3. The van der Waals surface area contributed by atoms with E-state index in [0.29, 0.717) is 0 Å². The number of carbonyl (C=O) groups is 2. The van der Waals surface area contributed by atoms with Gasteiger partial charge >= 0.3 is 0 Å². The molecule has 120 valence electrons. The van der Waals surface area contributed by atoms with Gasteiger partial charge < -0.3 is 9.64 Å². The van der Waals surface area contributed by atoms with Crippen molar-refractivity contribution in [1.82, 2.24) is 4.90 Å². The highest BCUT2D eigenvalue weighted by Gasteiger charge is 2.48. The van der Waals surface area contributed by atoms with Gasteiger partial charge in [-0.1, -0.05) is 18.6 Å². The fraction of sp³-hybridized carbons (Fsp3) is 0.765. The largest absolute Gasteiger partial charge is 0.351 e. The smallest absolute Gasteiger partial charge is 0.200 e. The number of hydrogen-bond donors (Lipinski definition) is 0. The van der Waals surface area contributed by atoms with Crippen LogP contribution in [-0.4, -0.2) is 42.2 Å². The minimum Gasteiger partial charge on any atom is -0.351 e. The van der Waals surface area contributed by atoms with Gasteiger partial charge in [0.25, 0.3) is 0 Å². The van der Waals surface area contributed by atoms with E-state index in [9.17, 15) is 9.59 Å². The number of Topliss-reactive ketones (excluding diaryl/α,β-unsaturated/α-hetero) is 1. The Morgan fingerprint density at radius 2 is 2.09 bits per heavy atom. The van der Waals surface area contributed by atoms with Crippen LogP contribution in [0.1, 0.15) is 53.9 Å². The van der Waals surface area contributed by atoms with E-state index in [-0.39, 0.29) is 29.8 Å². The molecule has 0 spiro atoms. The van der Waals surface area contributed by atoms with Crippen LogP contribution in [0.25, 0.3) is 0 Å². The predicted octanol–water partition coefficient (Wildman–Crippen LogP) is 3.05. The van der Waals surface area contributed by atoms with Gasteiger partial charge in [-0.25, -0.2) is 0 Å². The highest BCUT2D eigenvalue weighted by molar-refractivity contribution is 6.57. The van der Waals surface area contributed by atoms with Crippen LogP contribution in [0.3, 0.4) is 0 Å². The Balaban J connectivity index is 2.18. The van der Waals surface area contributed by atoms with Gasteiger partial charge in [0.1, 0.15) is 11.5 Å². The fourth-order valence-electron chi connectivity index (χ4n) is 4.14. The van der Waals surface area contributed by atoms with Gasteiger partial charge in [0, 0.05) is 5.92 Å². The molecule has 2 radical (unpaired) electrons. The Morgan fingerprint density at radius 3 is 2.59 bits per heavy atom.